The smallest absolute Gasteiger partial charge is 0.251 e. The summed E-state index contributed by atoms with van der Waals surface area (Å²) in [5.74, 6) is 0.630. The van der Waals surface area contributed by atoms with Gasteiger partial charge in [-0.3, -0.25) is 4.79 Å². The highest BCUT2D eigenvalue weighted by Gasteiger charge is 2.10. The molecule has 1 N–H and O–H groups in total. The van der Waals surface area contributed by atoms with Crippen LogP contribution in [0.4, 0.5) is 0 Å². The first kappa shape index (κ1) is 15.3. The molecular weight excluding hydrogens is 314 g/mol. The van der Waals surface area contributed by atoms with E-state index in [9.17, 15) is 4.79 Å². The minimum atomic E-state index is -0.158. The Hall–Kier alpha value is -3.28. The number of aryl methyl sites for hydroxylation is 2. The van der Waals surface area contributed by atoms with Crippen LogP contribution in [0.1, 0.15) is 27.6 Å². The normalized spacial score (nSPS) is 11.1. The number of amides is 1. The van der Waals surface area contributed by atoms with Gasteiger partial charge in [-0.2, -0.15) is 0 Å². The lowest BCUT2D eigenvalue weighted by molar-refractivity contribution is 0.0950. The molecule has 4 rings (SSSR count). The summed E-state index contributed by atoms with van der Waals surface area (Å²) in [6.45, 7) is 4.20. The number of carbonyl (C=O) groups excluding carboxylic acids is 1. The second kappa shape index (κ2) is 5.98. The fourth-order valence-electron chi connectivity index (χ4n) is 2.76. The van der Waals surface area contributed by atoms with Crippen LogP contribution in [-0.2, 0) is 6.54 Å². The van der Waals surface area contributed by atoms with Crippen molar-refractivity contribution in [3.05, 3.63) is 71.6 Å². The quantitative estimate of drug-likeness (QED) is 0.626. The number of benzene rings is 1. The number of aromatic nitrogens is 4. The Labute approximate surface area is 144 Å². The molecule has 0 saturated heterocycles. The van der Waals surface area contributed by atoms with Gasteiger partial charge in [0, 0.05) is 11.8 Å². The van der Waals surface area contributed by atoms with Gasteiger partial charge in [0.15, 0.2) is 0 Å². The maximum absolute atomic E-state index is 12.5. The van der Waals surface area contributed by atoms with E-state index in [1.807, 2.05) is 48.7 Å². The van der Waals surface area contributed by atoms with E-state index in [-0.39, 0.29) is 5.91 Å². The molecule has 6 heteroatoms. The van der Waals surface area contributed by atoms with Gasteiger partial charge in [-0.25, -0.2) is 15.0 Å². The third-order valence-corrected chi connectivity index (χ3v) is 4.26. The Morgan fingerprint density at radius 3 is 2.72 bits per heavy atom. The molecule has 0 aliphatic carbocycles. The molecule has 25 heavy (non-hydrogen) atoms. The van der Waals surface area contributed by atoms with Crippen LogP contribution in [0.15, 0.2) is 48.8 Å². The Balaban J connectivity index is 1.56. The molecule has 0 saturated carbocycles. The van der Waals surface area contributed by atoms with E-state index in [4.69, 9.17) is 0 Å². The molecule has 4 aromatic rings. The summed E-state index contributed by atoms with van der Waals surface area (Å²) < 4.78 is 1.96. The van der Waals surface area contributed by atoms with Gasteiger partial charge in [0.1, 0.15) is 5.82 Å². The standard InChI is InChI=1S/C19H17N5O/c1-12-13(2)23-17-9-14(6-7-16(17)22-12)19(25)21-11-18-20-10-15-5-3-4-8-24(15)18/h3-10H,11H2,1-2H3,(H,21,25). The second-order valence-corrected chi connectivity index (χ2v) is 5.95. The number of nitrogens with zero attached hydrogens (tertiary/aromatic N) is 4. The predicted molar refractivity (Wildman–Crippen MR) is 95.4 cm³/mol. The van der Waals surface area contributed by atoms with Crippen LogP contribution in [-0.4, -0.2) is 25.3 Å². The summed E-state index contributed by atoms with van der Waals surface area (Å²) in [7, 11) is 0. The molecule has 0 radical (unpaired) electrons. The second-order valence-electron chi connectivity index (χ2n) is 5.95. The third kappa shape index (κ3) is 2.82. The van der Waals surface area contributed by atoms with Crippen molar-refractivity contribution in [3.63, 3.8) is 0 Å². The van der Waals surface area contributed by atoms with Crippen LogP contribution < -0.4 is 5.32 Å². The van der Waals surface area contributed by atoms with Gasteiger partial charge in [-0.05, 0) is 44.2 Å². The summed E-state index contributed by atoms with van der Waals surface area (Å²) >= 11 is 0. The summed E-state index contributed by atoms with van der Waals surface area (Å²) in [4.78, 5) is 25.8. The third-order valence-electron chi connectivity index (χ3n) is 4.26. The molecule has 3 aromatic heterocycles. The van der Waals surface area contributed by atoms with Crippen LogP contribution in [0, 0.1) is 13.8 Å². The number of pyridine rings is 1. The maximum Gasteiger partial charge on any atom is 0.251 e. The molecule has 1 aromatic carbocycles. The van der Waals surface area contributed by atoms with Crippen LogP contribution in [0.5, 0.6) is 0 Å². The van der Waals surface area contributed by atoms with Crippen LogP contribution >= 0.6 is 0 Å². The average Bonchev–Trinajstić information content (AvgIpc) is 3.03. The van der Waals surface area contributed by atoms with E-state index < -0.39 is 0 Å². The Morgan fingerprint density at radius 2 is 1.88 bits per heavy atom. The van der Waals surface area contributed by atoms with Crippen molar-refractivity contribution in [2.24, 2.45) is 0 Å². The zero-order valence-corrected chi connectivity index (χ0v) is 14.0. The zero-order chi connectivity index (χ0) is 17.4. The van der Waals surface area contributed by atoms with Crippen LogP contribution in [0.3, 0.4) is 0 Å². The molecule has 0 unspecified atom stereocenters. The minimum Gasteiger partial charge on any atom is -0.345 e. The van der Waals surface area contributed by atoms with Gasteiger partial charge in [-0.15, -0.1) is 0 Å². The number of nitrogens with one attached hydrogen (secondary N) is 1. The van der Waals surface area contributed by atoms with Crippen molar-refractivity contribution in [3.8, 4) is 0 Å². The molecule has 0 aliphatic heterocycles. The van der Waals surface area contributed by atoms with E-state index in [1.54, 1.807) is 18.3 Å². The molecule has 0 atom stereocenters. The monoisotopic (exact) mass is 331 g/mol. The van der Waals surface area contributed by atoms with Crippen LogP contribution in [0.25, 0.3) is 16.6 Å². The van der Waals surface area contributed by atoms with Gasteiger partial charge >= 0.3 is 0 Å². The van der Waals surface area contributed by atoms with Crippen molar-refractivity contribution in [2.45, 2.75) is 20.4 Å². The van der Waals surface area contributed by atoms with Gasteiger partial charge in [0.25, 0.3) is 5.91 Å². The molecule has 6 nitrogen and oxygen atoms in total. The number of hydrogen-bond donors (Lipinski definition) is 1. The molecule has 3 heterocycles. The Kier molecular flexibility index (Phi) is 3.65. The topological polar surface area (TPSA) is 72.2 Å². The Morgan fingerprint density at radius 1 is 1.08 bits per heavy atom. The van der Waals surface area contributed by atoms with Gasteiger partial charge in [0.2, 0.25) is 0 Å². The molecular formula is C19H17N5O. The lowest BCUT2D eigenvalue weighted by Crippen LogP contribution is -2.24. The average molecular weight is 331 g/mol. The highest BCUT2D eigenvalue weighted by atomic mass is 16.1. The van der Waals surface area contributed by atoms with Crippen molar-refractivity contribution >= 4 is 22.5 Å². The molecule has 0 fully saturated rings. The van der Waals surface area contributed by atoms with Gasteiger partial charge < -0.3 is 9.72 Å². The lowest BCUT2D eigenvalue weighted by Gasteiger charge is -2.07. The zero-order valence-electron chi connectivity index (χ0n) is 14.0. The number of carbonyl (C=O) groups is 1. The molecule has 1 amide bonds. The first-order valence-electron chi connectivity index (χ1n) is 8.06. The number of imidazole rings is 1. The van der Waals surface area contributed by atoms with Crippen molar-refractivity contribution in [1.82, 2.24) is 24.7 Å². The Bertz CT molecular complexity index is 1100. The minimum absolute atomic E-state index is 0.158. The maximum atomic E-state index is 12.5. The fourth-order valence-corrected chi connectivity index (χ4v) is 2.76. The van der Waals surface area contributed by atoms with Crippen molar-refractivity contribution in [2.75, 3.05) is 0 Å². The molecule has 0 bridgehead atoms. The summed E-state index contributed by atoms with van der Waals surface area (Å²) in [5.41, 5.74) is 4.84. The van der Waals surface area contributed by atoms with E-state index in [1.165, 1.54) is 0 Å². The first-order valence-corrected chi connectivity index (χ1v) is 8.06. The number of rotatable bonds is 3. The van der Waals surface area contributed by atoms with Crippen LogP contribution in [0.2, 0.25) is 0 Å². The predicted octanol–water partition coefficient (Wildman–Crippen LogP) is 2.82. The van der Waals surface area contributed by atoms with E-state index in [2.05, 4.69) is 20.3 Å². The molecule has 124 valence electrons. The van der Waals surface area contributed by atoms with Gasteiger partial charge in [0.05, 0.1) is 40.7 Å². The van der Waals surface area contributed by atoms with Crippen molar-refractivity contribution < 1.29 is 4.79 Å². The summed E-state index contributed by atoms with van der Waals surface area (Å²) in [5, 5.41) is 2.91. The van der Waals surface area contributed by atoms with Gasteiger partial charge in [-0.1, -0.05) is 6.07 Å². The summed E-state index contributed by atoms with van der Waals surface area (Å²) in [6.07, 6.45) is 3.72. The van der Waals surface area contributed by atoms with E-state index in [0.29, 0.717) is 12.1 Å². The molecule has 0 aliphatic rings. The first-order chi connectivity index (χ1) is 12.1. The lowest BCUT2D eigenvalue weighted by atomic mass is 10.1. The highest BCUT2D eigenvalue weighted by molar-refractivity contribution is 5.97. The number of fused-ring (bicyclic) bond motifs is 2. The van der Waals surface area contributed by atoms with Crippen molar-refractivity contribution in [1.29, 1.82) is 0 Å². The van der Waals surface area contributed by atoms with E-state index in [0.717, 1.165) is 33.8 Å². The fraction of sp³-hybridized carbons (Fsp3) is 0.158. The largest absolute Gasteiger partial charge is 0.345 e. The SMILES string of the molecule is Cc1nc2ccc(C(=O)NCc3ncc4ccccn34)cc2nc1C. The van der Waals surface area contributed by atoms with E-state index >= 15 is 0 Å². The summed E-state index contributed by atoms with van der Waals surface area (Å²) in [6, 6.07) is 11.2. The molecule has 0 spiro atoms. The number of hydrogen-bond acceptors (Lipinski definition) is 4. The highest BCUT2D eigenvalue weighted by Crippen LogP contribution is 2.14.